The average molecular weight is 322 g/mol. The van der Waals surface area contributed by atoms with Gasteiger partial charge in [0.05, 0.1) is 10.7 Å². The minimum atomic E-state index is -1.06. The molecular formula is C15H16ClN3O3. The Balaban J connectivity index is 2.36. The van der Waals surface area contributed by atoms with Gasteiger partial charge in [0, 0.05) is 18.3 Å². The van der Waals surface area contributed by atoms with Crippen molar-refractivity contribution >= 4 is 23.5 Å². The third kappa shape index (κ3) is 3.28. The molecule has 1 heterocycles. The average Bonchev–Trinajstić information content (AvgIpc) is 2.86. The third-order valence-electron chi connectivity index (χ3n) is 3.19. The smallest absolute Gasteiger partial charge is 0.323 e. The van der Waals surface area contributed by atoms with Crippen LogP contribution in [-0.4, -0.2) is 44.8 Å². The van der Waals surface area contributed by atoms with Crippen LogP contribution in [0.1, 0.15) is 23.0 Å². The number of rotatable bonds is 5. The highest BCUT2D eigenvalue weighted by molar-refractivity contribution is 6.32. The van der Waals surface area contributed by atoms with Crippen molar-refractivity contribution in [2.45, 2.75) is 13.8 Å². The van der Waals surface area contributed by atoms with Crippen LogP contribution in [0.2, 0.25) is 5.02 Å². The van der Waals surface area contributed by atoms with Crippen molar-refractivity contribution < 1.29 is 14.7 Å². The molecule has 1 N–H and O–H groups in total. The lowest BCUT2D eigenvalue weighted by Gasteiger charge is -2.17. The highest BCUT2D eigenvalue weighted by Crippen LogP contribution is 2.21. The molecule has 1 aromatic carbocycles. The normalized spacial score (nSPS) is 10.5. The number of halogens is 1. The van der Waals surface area contributed by atoms with Gasteiger partial charge in [-0.1, -0.05) is 23.7 Å². The molecule has 0 aliphatic carbocycles. The number of carbonyl (C=O) groups excluding carboxylic acids is 1. The molecule has 2 aromatic rings. The molecule has 7 heteroatoms. The maximum Gasteiger partial charge on any atom is 0.323 e. The summed E-state index contributed by atoms with van der Waals surface area (Å²) in [4.78, 5) is 24.5. The fraction of sp³-hybridized carbons (Fsp3) is 0.267. The molecule has 0 radical (unpaired) electrons. The van der Waals surface area contributed by atoms with Crippen LogP contribution in [0.3, 0.4) is 0 Å². The molecule has 0 spiro atoms. The number of nitrogens with zero attached hydrogens (tertiary/aromatic N) is 3. The van der Waals surface area contributed by atoms with Gasteiger partial charge in [0.1, 0.15) is 6.54 Å². The van der Waals surface area contributed by atoms with Gasteiger partial charge < -0.3 is 10.0 Å². The Bertz CT molecular complexity index is 712. The Morgan fingerprint density at radius 3 is 2.64 bits per heavy atom. The van der Waals surface area contributed by atoms with E-state index in [4.69, 9.17) is 16.7 Å². The van der Waals surface area contributed by atoms with Gasteiger partial charge in [0.15, 0.2) is 5.69 Å². The first-order valence-corrected chi connectivity index (χ1v) is 7.14. The van der Waals surface area contributed by atoms with Crippen LogP contribution < -0.4 is 0 Å². The molecule has 0 aliphatic rings. The number of hydrogen-bond acceptors (Lipinski definition) is 3. The second-order valence-electron chi connectivity index (χ2n) is 4.77. The molecule has 0 aliphatic heterocycles. The topological polar surface area (TPSA) is 75.4 Å². The van der Waals surface area contributed by atoms with E-state index in [1.54, 1.807) is 38.2 Å². The number of carbonyl (C=O) groups is 2. The molecule has 116 valence electrons. The Morgan fingerprint density at radius 2 is 2.05 bits per heavy atom. The van der Waals surface area contributed by atoms with Gasteiger partial charge in [0.25, 0.3) is 5.91 Å². The zero-order valence-electron chi connectivity index (χ0n) is 12.3. The minimum absolute atomic E-state index is 0.225. The summed E-state index contributed by atoms with van der Waals surface area (Å²) in [7, 11) is 0. The monoisotopic (exact) mass is 321 g/mol. The first-order chi connectivity index (χ1) is 10.4. The fourth-order valence-electron chi connectivity index (χ4n) is 2.07. The molecule has 0 fully saturated rings. The van der Waals surface area contributed by atoms with E-state index in [1.165, 1.54) is 9.58 Å². The van der Waals surface area contributed by atoms with Crippen LogP contribution >= 0.6 is 11.6 Å². The molecule has 6 nitrogen and oxygen atoms in total. The molecule has 1 amide bonds. The number of amides is 1. The van der Waals surface area contributed by atoms with Crippen LogP contribution in [0.25, 0.3) is 5.69 Å². The standard InChI is InChI=1S/C15H16ClN3O3/c1-3-18(9-13(20)21)15(22)14-10(2)8-19(17-14)12-7-5-4-6-11(12)16/h4-8H,3,9H2,1-2H3,(H,20,21). The zero-order chi connectivity index (χ0) is 16.3. The molecule has 0 saturated carbocycles. The molecule has 0 saturated heterocycles. The largest absolute Gasteiger partial charge is 0.480 e. The highest BCUT2D eigenvalue weighted by Gasteiger charge is 2.22. The summed E-state index contributed by atoms with van der Waals surface area (Å²) in [5, 5.41) is 13.6. The SMILES string of the molecule is CCN(CC(=O)O)C(=O)c1nn(-c2ccccc2Cl)cc1C. The van der Waals surface area contributed by atoms with Crippen LogP contribution in [0.4, 0.5) is 0 Å². The van der Waals surface area contributed by atoms with E-state index >= 15 is 0 Å². The maximum atomic E-state index is 12.4. The summed E-state index contributed by atoms with van der Waals surface area (Å²) in [5.74, 6) is -1.47. The number of carboxylic acids is 1. The number of carboxylic acid groups (broad SMARTS) is 1. The fourth-order valence-corrected chi connectivity index (χ4v) is 2.29. The van der Waals surface area contributed by atoms with Crippen molar-refractivity contribution in [3.63, 3.8) is 0 Å². The highest BCUT2D eigenvalue weighted by atomic mass is 35.5. The molecular weight excluding hydrogens is 306 g/mol. The Morgan fingerprint density at radius 1 is 1.36 bits per heavy atom. The number of para-hydroxylation sites is 1. The molecule has 22 heavy (non-hydrogen) atoms. The number of aliphatic carboxylic acids is 1. The van der Waals surface area contributed by atoms with E-state index in [2.05, 4.69) is 5.10 Å². The van der Waals surface area contributed by atoms with Crippen molar-refractivity contribution in [3.8, 4) is 5.69 Å². The third-order valence-corrected chi connectivity index (χ3v) is 3.51. The van der Waals surface area contributed by atoms with Crippen LogP contribution in [0, 0.1) is 6.92 Å². The minimum Gasteiger partial charge on any atom is -0.480 e. The van der Waals surface area contributed by atoms with Crippen molar-refractivity contribution in [2.75, 3.05) is 13.1 Å². The lowest BCUT2D eigenvalue weighted by atomic mass is 10.2. The van der Waals surface area contributed by atoms with E-state index in [0.29, 0.717) is 22.8 Å². The second-order valence-corrected chi connectivity index (χ2v) is 5.18. The Kier molecular flexibility index (Phi) is 4.82. The summed E-state index contributed by atoms with van der Waals surface area (Å²) in [6, 6.07) is 7.15. The molecule has 0 atom stereocenters. The van der Waals surface area contributed by atoms with E-state index in [0.717, 1.165) is 0 Å². The summed E-state index contributed by atoms with van der Waals surface area (Å²) in [6.07, 6.45) is 1.70. The van der Waals surface area contributed by atoms with Gasteiger partial charge in [-0.25, -0.2) is 4.68 Å². The van der Waals surface area contributed by atoms with E-state index in [-0.39, 0.29) is 12.2 Å². The van der Waals surface area contributed by atoms with Crippen LogP contribution in [0.15, 0.2) is 30.5 Å². The van der Waals surface area contributed by atoms with Crippen molar-refractivity contribution in [3.05, 3.63) is 46.7 Å². The van der Waals surface area contributed by atoms with Crippen LogP contribution in [0.5, 0.6) is 0 Å². The number of likely N-dealkylation sites (N-methyl/N-ethyl adjacent to an activating group) is 1. The van der Waals surface area contributed by atoms with Gasteiger partial charge in [-0.2, -0.15) is 5.10 Å². The number of aromatic nitrogens is 2. The predicted octanol–water partition coefficient (Wildman–Crippen LogP) is 2.38. The van der Waals surface area contributed by atoms with E-state index in [9.17, 15) is 9.59 Å². The zero-order valence-corrected chi connectivity index (χ0v) is 13.0. The van der Waals surface area contributed by atoms with Gasteiger partial charge in [-0.15, -0.1) is 0 Å². The van der Waals surface area contributed by atoms with Crippen molar-refractivity contribution in [1.29, 1.82) is 0 Å². The van der Waals surface area contributed by atoms with Crippen molar-refractivity contribution in [1.82, 2.24) is 14.7 Å². The number of hydrogen-bond donors (Lipinski definition) is 1. The van der Waals surface area contributed by atoms with Crippen molar-refractivity contribution in [2.24, 2.45) is 0 Å². The first kappa shape index (κ1) is 16.0. The summed E-state index contributed by atoms with van der Waals surface area (Å²) < 4.78 is 1.53. The molecule has 2 rings (SSSR count). The first-order valence-electron chi connectivity index (χ1n) is 6.76. The quantitative estimate of drug-likeness (QED) is 0.917. The van der Waals surface area contributed by atoms with Gasteiger partial charge >= 0.3 is 5.97 Å². The number of benzene rings is 1. The summed E-state index contributed by atoms with van der Waals surface area (Å²) in [6.45, 7) is 3.42. The Hall–Kier alpha value is -2.34. The van der Waals surface area contributed by atoms with Crippen LogP contribution in [-0.2, 0) is 4.79 Å². The van der Waals surface area contributed by atoms with Gasteiger partial charge in [0.2, 0.25) is 0 Å². The summed E-state index contributed by atoms with van der Waals surface area (Å²) >= 11 is 6.12. The second kappa shape index (κ2) is 6.62. The predicted molar refractivity (Wildman–Crippen MR) is 82.5 cm³/mol. The lowest BCUT2D eigenvalue weighted by molar-refractivity contribution is -0.137. The Labute approximate surface area is 132 Å². The van der Waals surface area contributed by atoms with E-state index < -0.39 is 11.9 Å². The lowest BCUT2D eigenvalue weighted by Crippen LogP contribution is -2.36. The van der Waals surface area contributed by atoms with Gasteiger partial charge in [-0.3, -0.25) is 9.59 Å². The maximum absolute atomic E-state index is 12.4. The number of aryl methyl sites for hydroxylation is 1. The molecule has 0 unspecified atom stereocenters. The summed E-state index contributed by atoms with van der Waals surface area (Å²) in [5.41, 5.74) is 1.55. The van der Waals surface area contributed by atoms with Gasteiger partial charge in [-0.05, 0) is 26.0 Å². The van der Waals surface area contributed by atoms with E-state index in [1.807, 2.05) is 6.07 Å². The molecule has 0 bridgehead atoms. The molecule has 1 aromatic heterocycles.